The molecule has 0 aromatic carbocycles. The Labute approximate surface area is 97.0 Å². The van der Waals surface area contributed by atoms with Crippen LogP contribution >= 0.6 is 11.8 Å². The molecule has 0 saturated carbocycles. The van der Waals surface area contributed by atoms with E-state index < -0.39 is 0 Å². The van der Waals surface area contributed by atoms with Crippen molar-refractivity contribution in [2.45, 2.75) is 32.7 Å². The molecule has 1 rings (SSSR count). The number of thioether (sulfide) groups is 1. The van der Waals surface area contributed by atoms with Crippen molar-refractivity contribution in [1.29, 1.82) is 0 Å². The van der Waals surface area contributed by atoms with Crippen LogP contribution in [0.25, 0.3) is 0 Å². The minimum absolute atomic E-state index is 0.265. The topological polar surface area (TPSA) is 32.3 Å². The molecular formula is C11H22N2OS. The Balaban J connectivity index is 2.10. The molecule has 0 aromatic heterocycles. The van der Waals surface area contributed by atoms with Crippen LogP contribution in [0.3, 0.4) is 0 Å². The lowest BCUT2D eigenvalue weighted by Crippen LogP contribution is -2.40. The average Bonchev–Trinajstić information content (AvgIpc) is 2.76. The van der Waals surface area contributed by atoms with Crippen molar-refractivity contribution in [1.82, 2.24) is 10.2 Å². The van der Waals surface area contributed by atoms with Gasteiger partial charge in [-0.3, -0.25) is 4.79 Å². The zero-order chi connectivity index (χ0) is 11.1. The Hall–Kier alpha value is -0.220. The second-order valence-electron chi connectivity index (χ2n) is 4.03. The third kappa shape index (κ3) is 4.89. The number of nitrogens with one attached hydrogen (secondary N) is 1. The molecule has 1 aliphatic rings. The maximum Gasteiger partial charge on any atom is 0.236 e. The van der Waals surface area contributed by atoms with Gasteiger partial charge in [-0.15, -0.1) is 0 Å². The van der Waals surface area contributed by atoms with E-state index in [-0.39, 0.29) is 5.91 Å². The Morgan fingerprint density at radius 3 is 2.73 bits per heavy atom. The molecule has 1 N–H and O–H groups in total. The van der Waals surface area contributed by atoms with Crippen LogP contribution in [-0.2, 0) is 4.79 Å². The average molecular weight is 230 g/mol. The van der Waals surface area contributed by atoms with E-state index in [4.69, 9.17) is 0 Å². The van der Waals surface area contributed by atoms with Gasteiger partial charge in [-0.25, -0.2) is 0 Å². The fourth-order valence-corrected chi connectivity index (χ4v) is 2.40. The van der Waals surface area contributed by atoms with Crippen LogP contribution in [0, 0.1) is 0 Å². The first-order valence-electron chi connectivity index (χ1n) is 5.83. The van der Waals surface area contributed by atoms with Gasteiger partial charge in [0.1, 0.15) is 0 Å². The van der Waals surface area contributed by atoms with Crippen LogP contribution in [0.4, 0.5) is 0 Å². The van der Waals surface area contributed by atoms with E-state index in [1.54, 1.807) is 0 Å². The van der Waals surface area contributed by atoms with Crippen molar-refractivity contribution in [3.05, 3.63) is 0 Å². The number of rotatable bonds is 6. The molecule has 0 spiro atoms. The second kappa shape index (κ2) is 7.12. The maximum absolute atomic E-state index is 11.7. The normalized spacial score (nSPS) is 18.1. The van der Waals surface area contributed by atoms with Crippen LogP contribution in [0.2, 0.25) is 0 Å². The molecule has 15 heavy (non-hydrogen) atoms. The molecule has 3 nitrogen and oxygen atoms in total. The van der Waals surface area contributed by atoms with E-state index in [0.717, 1.165) is 24.6 Å². The highest BCUT2D eigenvalue weighted by Gasteiger charge is 2.17. The predicted octanol–water partition coefficient (Wildman–Crippen LogP) is 1.34. The van der Waals surface area contributed by atoms with Crippen molar-refractivity contribution in [3.8, 4) is 0 Å². The van der Waals surface area contributed by atoms with E-state index in [2.05, 4.69) is 19.2 Å². The minimum atomic E-state index is 0.265. The Kier molecular flexibility index (Phi) is 6.10. The molecule has 1 heterocycles. The summed E-state index contributed by atoms with van der Waals surface area (Å²) in [5, 5.41) is 3.28. The van der Waals surface area contributed by atoms with Crippen LogP contribution in [0.15, 0.2) is 0 Å². The number of carbonyl (C=O) groups is 1. The zero-order valence-corrected chi connectivity index (χ0v) is 10.6. The van der Waals surface area contributed by atoms with E-state index >= 15 is 0 Å². The zero-order valence-electron chi connectivity index (χ0n) is 9.79. The summed E-state index contributed by atoms with van der Waals surface area (Å²) in [7, 11) is 0. The van der Waals surface area contributed by atoms with Crippen molar-refractivity contribution in [2.24, 2.45) is 0 Å². The lowest BCUT2D eigenvalue weighted by molar-refractivity contribution is -0.129. The van der Waals surface area contributed by atoms with Crippen LogP contribution in [0.1, 0.15) is 26.7 Å². The third-order valence-electron chi connectivity index (χ3n) is 2.63. The largest absolute Gasteiger partial charge is 0.342 e. The van der Waals surface area contributed by atoms with Gasteiger partial charge in [-0.1, -0.05) is 6.92 Å². The van der Waals surface area contributed by atoms with Crippen molar-refractivity contribution in [2.75, 3.05) is 31.1 Å². The summed E-state index contributed by atoms with van der Waals surface area (Å²) in [6.45, 7) is 6.72. The first-order chi connectivity index (χ1) is 7.24. The molecule has 0 radical (unpaired) electrons. The van der Waals surface area contributed by atoms with Gasteiger partial charge < -0.3 is 10.2 Å². The highest BCUT2D eigenvalue weighted by Crippen LogP contribution is 2.07. The monoisotopic (exact) mass is 230 g/mol. The molecule has 1 amide bonds. The summed E-state index contributed by atoms with van der Waals surface area (Å²) < 4.78 is 0. The molecule has 1 fully saturated rings. The molecule has 1 aliphatic heterocycles. The van der Waals surface area contributed by atoms with Gasteiger partial charge in [0.25, 0.3) is 0 Å². The van der Waals surface area contributed by atoms with E-state index in [0.29, 0.717) is 12.6 Å². The van der Waals surface area contributed by atoms with Gasteiger partial charge in [-0.05, 0) is 25.5 Å². The lowest BCUT2D eigenvalue weighted by atomic mass is 10.4. The molecular weight excluding hydrogens is 208 g/mol. The molecule has 1 unspecified atom stereocenters. The number of nitrogens with zero attached hydrogens (tertiary/aromatic N) is 1. The third-order valence-corrected chi connectivity index (χ3v) is 3.78. The molecule has 1 atom stereocenters. The first-order valence-corrected chi connectivity index (χ1v) is 6.98. The first kappa shape index (κ1) is 12.8. The number of hydrogen-bond donors (Lipinski definition) is 1. The SMILES string of the molecule is CCSCC(C)NCC(=O)N1CCCC1. The summed E-state index contributed by atoms with van der Waals surface area (Å²) >= 11 is 1.91. The summed E-state index contributed by atoms with van der Waals surface area (Å²) in [6, 6.07) is 0.432. The second-order valence-corrected chi connectivity index (χ2v) is 5.35. The summed E-state index contributed by atoms with van der Waals surface area (Å²) in [5.41, 5.74) is 0. The Morgan fingerprint density at radius 1 is 1.47 bits per heavy atom. The predicted molar refractivity (Wildman–Crippen MR) is 66.3 cm³/mol. The smallest absolute Gasteiger partial charge is 0.236 e. The van der Waals surface area contributed by atoms with Crippen molar-refractivity contribution < 1.29 is 4.79 Å². The van der Waals surface area contributed by atoms with Crippen molar-refractivity contribution >= 4 is 17.7 Å². The maximum atomic E-state index is 11.7. The lowest BCUT2D eigenvalue weighted by Gasteiger charge is -2.18. The van der Waals surface area contributed by atoms with E-state index in [1.165, 1.54) is 12.8 Å². The van der Waals surface area contributed by atoms with Gasteiger partial charge in [0, 0.05) is 24.9 Å². The van der Waals surface area contributed by atoms with Crippen LogP contribution in [0.5, 0.6) is 0 Å². The summed E-state index contributed by atoms with van der Waals surface area (Å²) in [5.74, 6) is 2.50. The van der Waals surface area contributed by atoms with Crippen molar-refractivity contribution in [3.63, 3.8) is 0 Å². The highest BCUT2D eigenvalue weighted by molar-refractivity contribution is 7.99. The van der Waals surface area contributed by atoms with Gasteiger partial charge in [0.2, 0.25) is 5.91 Å². The van der Waals surface area contributed by atoms with E-state index in [9.17, 15) is 4.79 Å². The molecule has 0 aromatic rings. The molecule has 4 heteroatoms. The summed E-state index contributed by atoms with van der Waals surface area (Å²) in [4.78, 5) is 13.6. The standard InChI is InChI=1S/C11H22N2OS/c1-3-15-9-10(2)12-8-11(14)13-6-4-5-7-13/h10,12H,3-9H2,1-2H3. The number of likely N-dealkylation sites (tertiary alicyclic amines) is 1. The quantitative estimate of drug-likeness (QED) is 0.747. The number of carbonyl (C=O) groups excluding carboxylic acids is 1. The fraction of sp³-hybridized carbons (Fsp3) is 0.909. The molecule has 1 saturated heterocycles. The van der Waals surface area contributed by atoms with Crippen LogP contribution in [-0.4, -0.2) is 48.0 Å². The molecule has 0 bridgehead atoms. The number of amides is 1. The van der Waals surface area contributed by atoms with Gasteiger partial charge in [-0.2, -0.15) is 11.8 Å². The minimum Gasteiger partial charge on any atom is -0.342 e. The number of hydrogen-bond acceptors (Lipinski definition) is 3. The van der Waals surface area contributed by atoms with Gasteiger partial charge in [0.15, 0.2) is 0 Å². The Morgan fingerprint density at radius 2 is 2.13 bits per heavy atom. The Bertz CT molecular complexity index is 193. The summed E-state index contributed by atoms with van der Waals surface area (Å²) in [6.07, 6.45) is 2.35. The van der Waals surface area contributed by atoms with Gasteiger partial charge >= 0.3 is 0 Å². The van der Waals surface area contributed by atoms with Gasteiger partial charge in [0.05, 0.1) is 6.54 Å². The highest BCUT2D eigenvalue weighted by atomic mass is 32.2. The molecule has 88 valence electrons. The van der Waals surface area contributed by atoms with Crippen LogP contribution < -0.4 is 5.32 Å². The van der Waals surface area contributed by atoms with E-state index in [1.807, 2.05) is 16.7 Å². The fourth-order valence-electron chi connectivity index (χ4n) is 1.69. The molecule has 0 aliphatic carbocycles.